The molecule has 0 aromatic carbocycles. The molecule has 1 amide bonds. The zero-order valence-corrected chi connectivity index (χ0v) is 37.3. The molecule has 320 valence electrons. The number of likely N-dealkylation sites (tertiary alicyclic amines) is 2. The summed E-state index contributed by atoms with van der Waals surface area (Å²) in [5, 5.41) is 36.2. The van der Waals surface area contributed by atoms with Gasteiger partial charge in [0.05, 0.1) is 48.0 Å². The van der Waals surface area contributed by atoms with E-state index in [2.05, 4.69) is 70.2 Å². The van der Waals surface area contributed by atoms with Crippen LogP contribution in [0.4, 0.5) is 0 Å². The minimum absolute atomic E-state index is 0.106. The van der Waals surface area contributed by atoms with Gasteiger partial charge in [-0.3, -0.25) is 14.2 Å². The number of piperidine rings is 2. The maximum absolute atomic E-state index is 12.0. The number of rotatable bonds is 10. The van der Waals surface area contributed by atoms with Crippen LogP contribution in [0.1, 0.15) is 69.7 Å². The van der Waals surface area contributed by atoms with Crippen molar-refractivity contribution in [1.82, 2.24) is 53.5 Å². The predicted octanol–water partition coefficient (Wildman–Crippen LogP) is 7.66. The van der Waals surface area contributed by atoms with Gasteiger partial charge in [0.2, 0.25) is 12.1 Å². The molecule has 64 heavy (non-hydrogen) atoms. The fourth-order valence-corrected chi connectivity index (χ4v) is 10.8. The van der Waals surface area contributed by atoms with E-state index >= 15 is 0 Å². The van der Waals surface area contributed by atoms with Crippen LogP contribution in [0.3, 0.4) is 0 Å². The highest BCUT2D eigenvalue weighted by Crippen LogP contribution is 2.38. The average molecular weight is 886 g/mol. The second-order valence-electron chi connectivity index (χ2n) is 16.6. The Morgan fingerprint density at radius 3 is 1.95 bits per heavy atom. The predicted molar refractivity (Wildman–Crippen MR) is 242 cm³/mol. The summed E-state index contributed by atoms with van der Waals surface area (Å²) in [5.74, 6) is 0.106. The summed E-state index contributed by atoms with van der Waals surface area (Å²) in [4.78, 5) is 27.6. The van der Waals surface area contributed by atoms with E-state index in [1.807, 2.05) is 80.1 Å². The maximum Gasteiger partial charge on any atom is 0.254 e. The lowest BCUT2D eigenvalue weighted by Crippen LogP contribution is -2.39. The van der Waals surface area contributed by atoms with Gasteiger partial charge in [0.15, 0.2) is 0 Å². The molecular formula is C47H45N14OS2+. The Balaban J connectivity index is 0.972. The van der Waals surface area contributed by atoms with Gasteiger partial charge < -0.3 is 9.80 Å². The van der Waals surface area contributed by atoms with Crippen molar-refractivity contribution in [2.75, 3.05) is 26.2 Å². The minimum Gasteiger partial charge on any atom is -0.343 e. The van der Waals surface area contributed by atoms with Gasteiger partial charge in [-0.2, -0.15) is 25.8 Å². The Kier molecular flexibility index (Phi) is 11.2. The van der Waals surface area contributed by atoms with Gasteiger partial charge in [0.25, 0.3) is 5.69 Å². The highest BCUT2D eigenvalue weighted by atomic mass is 32.2. The molecule has 10 rings (SSSR count). The Morgan fingerprint density at radius 2 is 1.36 bits per heavy atom. The van der Waals surface area contributed by atoms with Crippen molar-refractivity contribution in [2.24, 2.45) is 0 Å². The van der Waals surface area contributed by atoms with E-state index in [0.717, 1.165) is 97.6 Å². The number of nitrogens with zero attached hydrogens (tertiary/aromatic N) is 14. The monoisotopic (exact) mass is 885 g/mol. The van der Waals surface area contributed by atoms with E-state index in [-0.39, 0.29) is 11.9 Å². The summed E-state index contributed by atoms with van der Waals surface area (Å²) in [7, 11) is 0. The molecule has 2 saturated heterocycles. The van der Waals surface area contributed by atoms with Crippen molar-refractivity contribution < 1.29 is 9.48 Å². The van der Waals surface area contributed by atoms with Crippen molar-refractivity contribution in [3.63, 3.8) is 0 Å². The Bertz CT molecular complexity index is 3080. The molecule has 8 aromatic rings. The summed E-state index contributed by atoms with van der Waals surface area (Å²) < 4.78 is 9.83. The summed E-state index contributed by atoms with van der Waals surface area (Å²) >= 11 is 2.97. The number of hydrogen-bond acceptors (Lipinski definition) is 11. The van der Waals surface area contributed by atoms with E-state index in [1.165, 1.54) is 23.5 Å². The van der Waals surface area contributed by atoms with E-state index in [9.17, 15) is 15.3 Å². The zero-order valence-electron chi connectivity index (χ0n) is 35.7. The Labute approximate surface area is 378 Å². The minimum atomic E-state index is 0.106. The van der Waals surface area contributed by atoms with Crippen molar-refractivity contribution in [1.29, 1.82) is 10.5 Å². The molecular weight excluding hydrogens is 841 g/mol. The number of amides is 1. The second-order valence-corrected chi connectivity index (χ2v) is 18.7. The van der Waals surface area contributed by atoms with Gasteiger partial charge in [-0.25, -0.2) is 14.5 Å². The molecule has 0 aliphatic carbocycles. The molecule has 10 heterocycles. The molecule has 2 fully saturated rings. The SMILES string of the molecule is CC(=O)N1CCC(n2cc(-c3cc(Sc4ccccn4)c4c(C#N)c[n+](-c5ccc(Sc6cc(-c7cnn(C8CCN(C(C)C)CC8)c7)cn7ncc(C#N)c67)nc5)n4c3)cn2)CC1. The molecule has 0 spiro atoms. The average Bonchev–Trinajstić information content (AvgIpc) is 4.16. The van der Waals surface area contributed by atoms with Crippen LogP contribution in [-0.2, 0) is 4.79 Å². The summed E-state index contributed by atoms with van der Waals surface area (Å²) in [6.07, 6.45) is 22.8. The smallest absolute Gasteiger partial charge is 0.254 e. The van der Waals surface area contributed by atoms with Crippen molar-refractivity contribution >= 4 is 40.5 Å². The third-order valence-corrected chi connectivity index (χ3v) is 14.3. The van der Waals surface area contributed by atoms with E-state index < -0.39 is 0 Å². The number of aromatic nitrogens is 10. The summed E-state index contributed by atoms with van der Waals surface area (Å²) in [6, 6.07) is 19.8. The number of pyridine rings is 4. The van der Waals surface area contributed by atoms with Crippen LogP contribution in [-0.4, -0.2) is 91.6 Å². The Morgan fingerprint density at radius 1 is 0.719 bits per heavy atom. The number of nitriles is 2. The van der Waals surface area contributed by atoms with Crippen LogP contribution in [0.25, 0.3) is 39.0 Å². The molecule has 0 atom stereocenters. The molecule has 0 unspecified atom stereocenters. The number of fused-ring (bicyclic) bond motifs is 2. The highest BCUT2D eigenvalue weighted by Gasteiger charge is 2.27. The normalized spacial score (nSPS) is 15.3. The lowest BCUT2D eigenvalue weighted by atomic mass is 10.0. The van der Waals surface area contributed by atoms with Crippen molar-refractivity contribution in [3.8, 4) is 40.1 Å². The number of hydrogen-bond donors (Lipinski definition) is 0. The summed E-state index contributed by atoms with van der Waals surface area (Å²) in [5.41, 5.74) is 7.00. The van der Waals surface area contributed by atoms with Gasteiger partial charge in [0, 0.05) is 102 Å². The summed E-state index contributed by atoms with van der Waals surface area (Å²) in [6.45, 7) is 9.67. The molecule has 0 saturated carbocycles. The first-order chi connectivity index (χ1) is 31.2. The lowest BCUT2D eigenvalue weighted by Gasteiger charge is -2.34. The number of carbonyl (C=O) groups is 1. The van der Waals surface area contributed by atoms with Crippen LogP contribution >= 0.6 is 23.5 Å². The standard InChI is InChI=1S/C47H45N14OS2/c1-31(2)55-14-9-39(10-15-55)57-27-37(23-52-57)33-18-42(46-35(20-48)22-54-59(46)26-33)63-45-8-7-41(25-51-45)60-30-36(21-49)47-43(64-44-6-4-5-13-50-44)19-34(29-61(47)60)38-24-53-58(28-38)40-11-16-56(17-12-40)32(3)62/h4-8,13,18-19,22-31,39-40H,9-12,14-17H2,1-3H3/q+1. The third-order valence-electron chi connectivity index (χ3n) is 12.4. The maximum atomic E-state index is 12.0. The molecule has 0 N–H and O–H groups in total. The first-order valence-corrected chi connectivity index (χ1v) is 23.1. The largest absolute Gasteiger partial charge is 0.343 e. The van der Waals surface area contributed by atoms with Crippen LogP contribution in [0.2, 0.25) is 0 Å². The van der Waals surface area contributed by atoms with Gasteiger partial charge in [-0.15, -0.1) is 4.52 Å². The molecule has 0 radical (unpaired) electrons. The van der Waals surface area contributed by atoms with Crippen molar-refractivity contribution in [2.45, 2.75) is 84.4 Å². The first-order valence-electron chi connectivity index (χ1n) is 21.5. The van der Waals surface area contributed by atoms with Crippen LogP contribution in [0.5, 0.6) is 0 Å². The van der Waals surface area contributed by atoms with Crippen LogP contribution in [0.15, 0.2) is 124 Å². The van der Waals surface area contributed by atoms with Crippen LogP contribution in [0, 0.1) is 22.7 Å². The zero-order chi connectivity index (χ0) is 43.9. The fraction of sp³-hybridized carbons (Fsp3) is 0.298. The molecule has 2 aliphatic heterocycles. The third kappa shape index (κ3) is 8.02. The van der Waals surface area contributed by atoms with Crippen LogP contribution < -0.4 is 4.68 Å². The van der Waals surface area contributed by atoms with Gasteiger partial charge in [0.1, 0.15) is 39.5 Å². The molecule has 2 aliphatic rings. The van der Waals surface area contributed by atoms with Gasteiger partial charge in [-0.1, -0.05) is 34.3 Å². The first kappa shape index (κ1) is 41.2. The van der Waals surface area contributed by atoms with Crippen molar-refractivity contribution in [3.05, 3.63) is 116 Å². The van der Waals surface area contributed by atoms with E-state index in [1.54, 1.807) is 30.0 Å². The topological polar surface area (TPSA) is 158 Å². The highest BCUT2D eigenvalue weighted by molar-refractivity contribution is 7.99. The number of carbonyl (C=O) groups excluding carboxylic acids is 1. The molecule has 0 bridgehead atoms. The quantitative estimate of drug-likeness (QED) is 0.124. The lowest BCUT2D eigenvalue weighted by molar-refractivity contribution is -0.667. The Hall–Kier alpha value is -6.79. The molecule has 15 nitrogen and oxygen atoms in total. The van der Waals surface area contributed by atoms with Gasteiger partial charge >= 0.3 is 0 Å². The van der Waals surface area contributed by atoms with E-state index in [0.29, 0.717) is 36.3 Å². The second kappa shape index (κ2) is 17.4. The van der Waals surface area contributed by atoms with Gasteiger partial charge in [-0.05, 0) is 69.9 Å². The fourth-order valence-electron chi connectivity index (χ4n) is 8.83. The molecule has 17 heteroatoms. The van der Waals surface area contributed by atoms with E-state index in [4.69, 9.17) is 15.2 Å². The molecule has 8 aromatic heterocycles.